The lowest BCUT2D eigenvalue weighted by Crippen LogP contribution is -2.23. The minimum absolute atomic E-state index is 0.280. The highest BCUT2D eigenvalue weighted by molar-refractivity contribution is 6.03. The molecule has 0 spiro atoms. The second-order valence-corrected chi connectivity index (χ2v) is 5.73. The molecule has 120 valence electrons. The van der Waals surface area contributed by atoms with Crippen LogP contribution in [-0.2, 0) is 0 Å². The van der Waals surface area contributed by atoms with E-state index in [4.69, 9.17) is 0 Å². The van der Waals surface area contributed by atoms with Crippen molar-refractivity contribution in [2.75, 3.05) is 10.6 Å². The summed E-state index contributed by atoms with van der Waals surface area (Å²) in [4.78, 5) is 20.4. The van der Waals surface area contributed by atoms with Crippen molar-refractivity contribution in [2.24, 2.45) is 0 Å². The van der Waals surface area contributed by atoms with Gasteiger partial charge in [0.15, 0.2) is 0 Å². The highest BCUT2D eigenvalue weighted by Crippen LogP contribution is 2.21. The molecule has 0 atom stereocenters. The lowest BCUT2D eigenvalue weighted by Gasteiger charge is -2.23. The van der Waals surface area contributed by atoms with Gasteiger partial charge < -0.3 is 10.6 Å². The van der Waals surface area contributed by atoms with Crippen LogP contribution in [0.3, 0.4) is 0 Å². The van der Waals surface area contributed by atoms with Crippen molar-refractivity contribution in [3.63, 3.8) is 0 Å². The maximum atomic E-state index is 12.9. The maximum Gasteiger partial charge on any atom is 0.274 e. The highest BCUT2D eigenvalue weighted by atomic mass is 19.1. The van der Waals surface area contributed by atoms with Gasteiger partial charge in [-0.1, -0.05) is 19.3 Å². The third-order valence-corrected chi connectivity index (χ3v) is 3.96. The Morgan fingerprint density at radius 1 is 1.09 bits per heavy atom. The van der Waals surface area contributed by atoms with Crippen molar-refractivity contribution in [1.82, 2.24) is 9.97 Å². The third-order valence-electron chi connectivity index (χ3n) is 3.96. The van der Waals surface area contributed by atoms with Crippen LogP contribution >= 0.6 is 0 Å². The number of anilines is 2. The smallest absolute Gasteiger partial charge is 0.274 e. The number of halogens is 1. The zero-order valence-corrected chi connectivity index (χ0v) is 12.8. The molecule has 3 rings (SSSR count). The third kappa shape index (κ3) is 4.25. The van der Waals surface area contributed by atoms with E-state index in [0.717, 1.165) is 12.8 Å². The number of benzene rings is 1. The van der Waals surface area contributed by atoms with Gasteiger partial charge in [-0.25, -0.2) is 14.4 Å². The lowest BCUT2D eigenvalue weighted by molar-refractivity contribution is 0.102. The van der Waals surface area contributed by atoms with Crippen LogP contribution in [-0.4, -0.2) is 21.9 Å². The molecule has 1 aliphatic rings. The van der Waals surface area contributed by atoms with E-state index in [1.54, 1.807) is 6.07 Å². The first-order valence-electron chi connectivity index (χ1n) is 7.86. The number of hydrogen-bond acceptors (Lipinski definition) is 4. The molecule has 0 bridgehead atoms. The molecular weight excluding hydrogens is 295 g/mol. The molecule has 5 nitrogen and oxygen atoms in total. The molecule has 23 heavy (non-hydrogen) atoms. The van der Waals surface area contributed by atoms with Crippen LogP contribution < -0.4 is 10.6 Å². The summed E-state index contributed by atoms with van der Waals surface area (Å²) in [7, 11) is 0. The topological polar surface area (TPSA) is 66.9 Å². The van der Waals surface area contributed by atoms with Crippen molar-refractivity contribution in [3.05, 3.63) is 48.2 Å². The summed E-state index contributed by atoms with van der Waals surface area (Å²) in [5.74, 6) is -0.0224. The first-order valence-corrected chi connectivity index (χ1v) is 7.86. The predicted molar refractivity (Wildman–Crippen MR) is 86.9 cm³/mol. The van der Waals surface area contributed by atoms with Crippen LogP contribution in [0.5, 0.6) is 0 Å². The molecule has 6 heteroatoms. The molecule has 1 heterocycles. The van der Waals surface area contributed by atoms with Crippen LogP contribution in [0.4, 0.5) is 15.9 Å². The fourth-order valence-electron chi connectivity index (χ4n) is 2.74. The van der Waals surface area contributed by atoms with Gasteiger partial charge in [-0.3, -0.25) is 4.79 Å². The summed E-state index contributed by atoms with van der Waals surface area (Å²) < 4.78 is 12.9. The number of aromatic nitrogens is 2. The van der Waals surface area contributed by atoms with E-state index in [1.807, 2.05) is 0 Å². The molecule has 1 amide bonds. The van der Waals surface area contributed by atoms with Gasteiger partial charge in [-0.2, -0.15) is 0 Å². The molecular formula is C17H19FN4O. The Labute approximate surface area is 134 Å². The van der Waals surface area contributed by atoms with E-state index < -0.39 is 0 Å². The summed E-state index contributed by atoms with van der Waals surface area (Å²) in [6.45, 7) is 0. The van der Waals surface area contributed by atoms with Crippen LogP contribution in [0.25, 0.3) is 0 Å². The molecule has 0 aliphatic heterocycles. The van der Waals surface area contributed by atoms with Crippen molar-refractivity contribution in [2.45, 2.75) is 38.1 Å². The van der Waals surface area contributed by atoms with E-state index in [1.165, 1.54) is 49.9 Å². The Bertz CT molecular complexity index is 669. The number of rotatable bonds is 4. The van der Waals surface area contributed by atoms with Gasteiger partial charge in [0.2, 0.25) is 0 Å². The predicted octanol–water partition coefficient (Wildman–Crippen LogP) is 3.61. The fraction of sp³-hybridized carbons (Fsp3) is 0.353. The average molecular weight is 314 g/mol. The van der Waals surface area contributed by atoms with Gasteiger partial charge >= 0.3 is 0 Å². The van der Waals surface area contributed by atoms with Crippen molar-refractivity contribution < 1.29 is 9.18 Å². The number of hydrogen-bond donors (Lipinski definition) is 2. The zero-order chi connectivity index (χ0) is 16.1. The van der Waals surface area contributed by atoms with E-state index in [2.05, 4.69) is 20.6 Å². The van der Waals surface area contributed by atoms with E-state index in [-0.39, 0.29) is 17.4 Å². The van der Waals surface area contributed by atoms with Gasteiger partial charge in [0.05, 0.1) is 0 Å². The first-order chi connectivity index (χ1) is 11.2. The number of carbonyl (C=O) groups excluding carboxylic acids is 1. The van der Waals surface area contributed by atoms with Crippen molar-refractivity contribution >= 4 is 17.4 Å². The zero-order valence-electron chi connectivity index (χ0n) is 12.8. The largest absolute Gasteiger partial charge is 0.367 e. The minimum atomic E-state index is -0.344. The minimum Gasteiger partial charge on any atom is -0.367 e. The molecule has 1 fully saturated rings. The summed E-state index contributed by atoms with van der Waals surface area (Å²) >= 11 is 0. The van der Waals surface area contributed by atoms with Gasteiger partial charge in [0, 0.05) is 17.8 Å². The second kappa shape index (κ2) is 7.17. The summed E-state index contributed by atoms with van der Waals surface area (Å²) in [5.41, 5.74) is 0.805. The molecule has 1 aliphatic carbocycles. The monoisotopic (exact) mass is 314 g/mol. The quantitative estimate of drug-likeness (QED) is 0.904. The van der Waals surface area contributed by atoms with E-state index in [9.17, 15) is 9.18 Å². The number of nitrogens with one attached hydrogen (secondary N) is 2. The Morgan fingerprint density at radius 3 is 2.57 bits per heavy atom. The Morgan fingerprint density at radius 2 is 1.83 bits per heavy atom. The fourth-order valence-corrected chi connectivity index (χ4v) is 2.74. The number of nitrogens with zero attached hydrogens (tertiary/aromatic N) is 2. The van der Waals surface area contributed by atoms with Gasteiger partial charge in [-0.05, 0) is 37.1 Å². The maximum absolute atomic E-state index is 12.9. The summed E-state index contributed by atoms with van der Waals surface area (Å²) in [6, 6.07) is 7.67. The number of carbonyl (C=O) groups is 1. The average Bonchev–Trinajstić information content (AvgIpc) is 2.58. The second-order valence-electron chi connectivity index (χ2n) is 5.73. The molecule has 2 N–H and O–H groups in total. The molecule has 1 aromatic heterocycles. The number of amides is 1. The Kier molecular flexibility index (Phi) is 4.80. The molecule has 0 saturated heterocycles. The van der Waals surface area contributed by atoms with Crippen LogP contribution in [0.1, 0.15) is 42.6 Å². The van der Waals surface area contributed by atoms with Crippen molar-refractivity contribution in [1.29, 1.82) is 0 Å². The standard InChI is InChI=1S/C17H19FN4O/c18-12-6-8-14(9-7-12)22-17(23)15-10-16(20-11-19-15)21-13-4-2-1-3-5-13/h6-11,13H,1-5H2,(H,22,23)(H,19,20,21). The van der Waals surface area contributed by atoms with Crippen LogP contribution in [0.15, 0.2) is 36.7 Å². The highest BCUT2D eigenvalue weighted by Gasteiger charge is 2.15. The molecule has 1 saturated carbocycles. The van der Waals surface area contributed by atoms with E-state index >= 15 is 0 Å². The van der Waals surface area contributed by atoms with Crippen LogP contribution in [0.2, 0.25) is 0 Å². The van der Waals surface area contributed by atoms with Crippen molar-refractivity contribution in [3.8, 4) is 0 Å². The molecule has 2 aromatic rings. The van der Waals surface area contributed by atoms with Crippen LogP contribution in [0, 0.1) is 5.82 Å². The molecule has 0 unspecified atom stereocenters. The van der Waals surface area contributed by atoms with Gasteiger partial charge in [-0.15, -0.1) is 0 Å². The molecule has 0 radical (unpaired) electrons. The SMILES string of the molecule is O=C(Nc1ccc(F)cc1)c1cc(NC2CCCCC2)ncn1. The first kappa shape index (κ1) is 15.4. The lowest BCUT2D eigenvalue weighted by atomic mass is 9.95. The van der Waals surface area contributed by atoms with E-state index in [0.29, 0.717) is 17.5 Å². The normalized spacial score (nSPS) is 15.2. The summed E-state index contributed by atoms with van der Waals surface area (Å²) in [6.07, 6.45) is 7.36. The Hall–Kier alpha value is -2.50. The van der Waals surface area contributed by atoms with Gasteiger partial charge in [0.1, 0.15) is 23.7 Å². The summed E-state index contributed by atoms with van der Waals surface area (Å²) in [5, 5.41) is 6.06. The molecule has 1 aromatic carbocycles. The van der Waals surface area contributed by atoms with Gasteiger partial charge in [0.25, 0.3) is 5.91 Å². The Balaban J connectivity index is 1.66.